The van der Waals surface area contributed by atoms with Gasteiger partial charge in [0, 0.05) is 31.3 Å². The van der Waals surface area contributed by atoms with Crippen molar-refractivity contribution in [3.63, 3.8) is 0 Å². The highest BCUT2D eigenvalue weighted by atomic mass is 19.4. The lowest BCUT2D eigenvalue weighted by atomic mass is 9.97. The Morgan fingerprint density at radius 3 is 2.54 bits per heavy atom. The van der Waals surface area contributed by atoms with Crippen molar-refractivity contribution in [2.45, 2.75) is 31.4 Å². The summed E-state index contributed by atoms with van der Waals surface area (Å²) in [6.07, 6.45) is -0.117. The van der Waals surface area contributed by atoms with E-state index in [4.69, 9.17) is 9.97 Å². The maximum atomic E-state index is 13.5. The van der Waals surface area contributed by atoms with Gasteiger partial charge in [0.15, 0.2) is 0 Å². The molecule has 0 amide bonds. The fourth-order valence-corrected chi connectivity index (χ4v) is 4.84. The van der Waals surface area contributed by atoms with Crippen LogP contribution >= 0.6 is 0 Å². The molecule has 1 aliphatic rings. The maximum Gasteiger partial charge on any atom is 0.416 e. The molecule has 3 heterocycles. The molecule has 0 bridgehead atoms. The minimum absolute atomic E-state index is 0.217. The molecule has 0 saturated carbocycles. The number of imidazole rings is 1. The van der Waals surface area contributed by atoms with Gasteiger partial charge in [-0.1, -0.05) is 42.5 Å². The first kappa shape index (κ1) is 25.0. The van der Waals surface area contributed by atoms with Crippen molar-refractivity contribution in [3.8, 4) is 22.6 Å². The summed E-state index contributed by atoms with van der Waals surface area (Å²) in [6, 6.07) is 17.3. The van der Waals surface area contributed by atoms with Gasteiger partial charge < -0.3 is 15.2 Å². The van der Waals surface area contributed by atoms with Crippen LogP contribution in [0.1, 0.15) is 35.7 Å². The minimum Gasteiger partial charge on any atom is -0.354 e. The summed E-state index contributed by atoms with van der Waals surface area (Å²) in [5, 5.41) is 6.63. The van der Waals surface area contributed by atoms with Crippen LogP contribution in [0, 0.1) is 0 Å². The molecule has 4 aromatic rings. The molecule has 37 heavy (non-hydrogen) atoms. The normalized spacial score (nSPS) is 14.6. The van der Waals surface area contributed by atoms with Gasteiger partial charge in [0.2, 0.25) is 5.95 Å². The lowest BCUT2D eigenvalue weighted by Gasteiger charge is -2.22. The van der Waals surface area contributed by atoms with Crippen LogP contribution in [0.4, 0.5) is 19.1 Å². The Morgan fingerprint density at radius 1 is 1.00 bits per heavy atom. The van der Waals surface area contributed by atoms with Crippen LogP contribution in [-0.4, -0.2) is 39.2 Å². The Kier molecular flexibility index (Phi) is 7.23. The van der Waals surface area contributed by atoms with Gasteiger partial charge in [-0.05, 0) is 56.1 Å². The topological polar surface area (TPSA) is 67.7 Å². The third kappa shape index (κ3) is 5.67. The van der Waals surface area contributed by atoms with E-state index >= 15 is 0 Å². The fourth-order valence-electron chi connectivity index (χ4n) is 4.84. The second-order valence-corrected chi connectivity index (χ2v) is 9.26. The van der Waals surface area contributed by atoms with Crippen LogP contribution in [-0.2, 0) is 19.6 Å². The number of anilines is 1. The summed E-state index contributed by atoms with van der Waals surface area (Å²) < 4.78 is 42.5. The standard InChI is InChI=1S/C28H29F3N6/c1-37-25(23-13-17-34-27(35-23)33-16-10-19-6-3-2-4-7-19)24(36-26(37)20-11-14-32-15-12-20)21-8-5-9-22(18-21)28(29,30)31/h2-9,13,17-18,20,32H,10-12,14-16H2,1H3,(H,33,34,35). The third-order valence-electron chi connectivity index (χ3n) is 6.74. The van der Waals surface area contributed by atoms with Crippen molar-refractivity contribution in [2.75, 3.05) is 25.0 Å². The first-order chi connectivity index (χ1) is 17.9. The Balaban J connectivity index is 1.51. The van der Waals surface area contributed by atoms with Crippen LogP contribution in [0.3, 0.4) is 0 Å². The third-order valence-corrected chi connectivity index (χ3v) is 6.74. The highest BCUT2D eigenvalue weighted by molar-refractivity contribution is 5.78. The van der Waals surface area contributed by atoms with E-state index in [0.717, 1.165) is 50.3 Å². The van der Waals surface area contributed by atoms with Gasteiger partial charge in [0.25, 0.3) is 0 Å². The number of aromatic nitrogens is 4. The monoisotopic (exact) mass is 506 g/mol. The quantitative estimate of drug-likeness (QED) is 0.337. The number of benzene rings is 2. The van der Waals surface area contributed by atoms with Gasteiger partial charge in [-0.15, -0.1) is 0 Å². The van der Waals surface area contributed by atoms with Gasteiger partial charge in [-0.2, -0.15) is 13.2 Å². The first-order valence-electron chi connectivity index (χ1n) is 12.5. The molecular formula is C28H29F3N6. The highest BCUT2D eigenvalue weighted by Crippen LogP contribution is 2.38. The first-order valence-corrected chi connectivity index (χ1v) is 12.5. The van der Waals surface area contributed by atoms with Crippen molar-refractivity contribution < 1.29 is 13.2 Å². The van der Waals surface area contributed by atoms with Crippen molar-refractivity contribution in [2.24, 2.45) is 7.05 Å². The van der Waals surface area contributed by atoms with Crippen molar-refractivity contribution in [1.82, 2.24) is 24.8 Å². The predicted molar refractivity (Wildman–Crippen MR) is 138 cm³/mol. The number of nitrogens with zero attached hydrogens (tertiary/aromatic N) is 4. The van der Waals surface area contributed by atoms with E-state index in [2.05, 4.69) is 27.8 Å². The molecule has 2 aromatic heterocycles. The average Bonchev–Trinajstić information content (AvgIpc) is 3.26. The van der Waals surface area contributed by atoms with E-state index < -0.39 is 11.7 Å². The SMILES string of the molecule is Cn1c(C2CCNCC2)nc(-c2cccc(C(F)(F)F)c2)c1-c1ccnc(NCCc2ccccc2)n1. The lowest BCUT2D eigenvalue weighted by Crippen LogP contribution is -2.27. The molecule has 0 aliphatic carbocycles. The molecule has 6 nitrogen and oxygen atoms in total. The van der Waals surface area contributed by atoms with E-state index in [-0.39, 0.29) is 5.92 Å². The van der Waals surface area contributed by atoms with E-state index in [1.165, 1.54) is 11.6 Å². The Bertz CT molecular complexity index is 1340. The molecule has 0 spiro atoms. The van der Waals surface area contributed by atoms with Crippen LogP contribution in [0.5, 0.6) is 0 Å². The second kappa shape index (κ2) is 10.7. The number of halogens is 3. The van der Waals surface area contributed by atoms with Gasteiger partial charge in [-0.25, -0.2) is 15.0 Å². The van der Waals surface area contributed by atoms with Crippen LogP contribution in [0.2, 0.25) is 0 Å². The zero-order valence-corrected chi connectivity index (χ0v) is 20.6. The zero-order chi connectivity index (χ0) is 25.8. The van der Waals surface area contributed by atoms with Gasteiger partial charge in [0.05, 0.1) is 22.6 Å². The Morgan fingerprint density at radius 2 is 1.78 bits per heavy atom. The molecule has 1 saturated heterocycles. The fraction of sp³-hybridized carbons (Fsp3) is 0.321. The smallest absolute Gasteiger partial charge is 0.354 e. The summed E-state index contributed by atoms with van der Waals surface area (Å²) in [7, 11) is 1.92. The molecule has 0 atom stereocenters. The summed E-state index contributed by atoms with van der Waals surface area (Å²) in [4.78, 5) is 14.0. The number of piperidine rings is 1. The molecular weight excluding hydrogens is 477 g/mol. The number of hydrogen-bond acceptors (Lipinski definition) is 5. The van der Waals surface area contributed by atoms with Crippen LogP contribution in [0.15, 0.2) is 66.9 Å². The summed E-state index contributed by atoms with van der Waals surface area (Å²) in [5.74, 6) is 1.55. The summed E-state index contributed by atoms with van der Waals surface area (Å²) >= 11 is 0. The van der Waals surface area contributed by atoms with Gasteiger partial charge in [-0.3, -0.25) is 0 Å². The van der Waals surface area contributed by atoms with Crippen LogP contribution in [0.25, 0.3) is 22.6 Å². The van der Waals surface area contributed by atoms with Gasteiger partial charge >= 0.3 is 6.18 Å². The summed E-state index contributed by atoms with van der Waals surface area (Å²) in [5.41, 5.74) is 2.71. The molecule has 2 N–H and O–H groups in total. The maximum absolute atomic E-state index is 13.5. The zero-order valence-electron chi connectivity index (χ0n) is 20.6. The van der Waals surface area contributed by atoms with Crippen molar-refractivity contribution in [1.29, 1.82) is 0 Å². The summed E-state index contributed by atoms with van der Waals surface area (Å²) in [6.45, 7) is 2.42. The van der Waals surface area contributed by atoms with Crippen LogP contribution < -0.4 is 10.6 Å². The lowest BCUT2D eigenvalue weighted by molar-refractivity contribution is -0.137. The van der Waals surface area contributed by atoms with E-state index in [1.807, 2.05) is 29.8 Å². The highest BCUT2D eigenvalue weighted by Gasteiger charge is 2.32. The average molecular weight is 507 g/mol. The molecule has 9 heteroatoms. The van der Waals surface area contributed by atoms with Gasteiger partial charge in [0.1, 0.15) is 5.82 Å². The number of rotatable bonds is 7. The van der Waals surface area contributed by atoms with Crippen molar-refractivity contribution >= 4 is 5.95 Å². The van der Waals surface area contributed by atoms with E-state index in [1.54, 1.807) is 18.3 Å². The predicted octanol–water partition coefficient (Wildman–Crippen LogP) is 5.68. The molecule has 0 unspecified atom stereocenters. The largest absolute Gasteiger partial charge is 0.416 e. The number of alkyl halides is 3. The number of nitrogens with one attached hydrogen (secondary N) is 2. The molecule has 1 fully saturated rings. The second-order valence-electron chi connectivity index (χ2n) is 9.26. The number of hydrogen-bond donors (Lipinski definition) is 2. The molecule has 192 valence electrons. The Labute approximate surface area is 214 Å². The minimum atomic E-state index is -4.44. The molecule has 2 aromatic carbocycles. The van der Waals surface area contributed by atoms with E-state index in [9.17, 15) is 13.2 Å². The molecule has 1 aliphatic heterocycles. The molecule has 5 rings (SSSR count). The van der Waals surface area contributed by atoms with Crippen molar-refractivity contribution in [3.05, 3.63) is 83.8 Å². The van der Waals surface area contributed by atoms with E-state index in [0.29, 0.717) is 35.1 Å². The Hall–Kier alpha value is -3.72. The molecule has 0 radical (unpaired) electrons.